The molecule has 37 heavy (non-hydrogen) atoms. The summed E-state index contributed by atoms with van der Waals surface area (Å²) in [6, 6.07) is 5.03. The van der Waals surface area contributed by atoms with Crippen LogP contribution in [0.2, 0.25) is 5.02 Å². The Balaban J connectivity index is 1.06. The molecule has 2 aliphatic carbocycles. The Morgan fingerprint density at radius 3 is 2.65 bits per heavy atom. The van der Waals surface area contributed by atoms with Crippen LogP contribution in [0.4, 0.5) is 8.78 Å². The normalized spacial score (nSPS) is 34.9. The number of halogens is 3. The molecule has 2 aromatic rings. The average molecular weight is 539 g/mol. The third-order valence-corrected chi connectivity index (χ3v) is 8.60. The second-order valence-corrected chi connectivity index (χ2v) is 11.6. The SMILES string of the molecule is CC(F)(F)OC1CC(c2nnc(C34CCC(CC(=O)[C@@H]5C[C@H](O)c6cc(Cl)ccc6O5)(CC3)CO4)o2)C1. The molecule has 8 nitrogen and oxygen atoms in total. The van der Waals surface area contributed by atoms with Gasteiger partial charge in [0.05, 0.1) is 18.8 Å². The van der Waals surface area contributed by atoms with E-state index < -0.39 is 30.0 Å². The van der Waals surface area contributed by atoms with Crippen LogP contribution in [0.3, 0.4) is 0 Å². The average Bonchev–Trinajstić information content (AvgIpc) is 3.32. The summed E-state index contributed by atoms with van der Waals surface area (Å²) in [5, 5.41) is 19.5. The highest BCUT2D eigenvalue weighted by atomic mass is 35.5. The van der Waals surface area contributed by atoms with Gasteiger partial charge in [-0.05, 0) is 56.7 Å². The van der Waals surface area contributed by atoms with E-state index in [-0.39, 0.29) is 23.5 Å². The van der Waals surface area contributed by atoms with E-state index >= 15 is 0 Å². The maximum absolute atomic E-state index is 13.2. The number of nitrogens with zero attached hydrogens (tertiary/aromatic N) is 2. The number of aliphatic hydroxyl groups is 1. The summed E-state index contributed by atoms with van der Waals surface area (Å²) >= 11 is 6.03. The largest absolute Gasteiger partial charge is 0.482 e. The zero-order chi connectivity index (χ0) is 26.0. The van der Waals surface area contributed by atoms with Gasteiger partial charge in [0.25, 0.3) is 0 Å². The highest BCUT2D eigenvalue weighted by Crippen LogP contribution is 2.55. The number of carbonyl (C=O) groups is 1. The van der Waals surface area contributed by atoms with Crippen LogP contribution in [0.1, 0.15) is 87.7 Å². The molecule has 2 atom stereocenters. The molecule has 5 aliphatic rings. The van der Waals surface area contributed by atoms with Crippen molar-refractivity contribution in [1.82, 2.24) is 10.2 Å². The van der Waals surface area contributed by atoms with Crippen LogP contribution in [0, 0.1) is 5.41 Å². The Bertz CT molecular complexity index is 1170. The molecule has 2 bridgehead atoms. The Morgan fingerprint density at radius 2 is 1.97 bits per heavy atom. The van der Waals surface area contributed by atoms with Crippen LogP contribution >= 0.6 is 11.6 Å². The Labute approximate surface area is 217 Å². The molecular formula is C26H29ClF2N2O6. The standard InChI is InChI=1S/C26H29ClF2N2O6/c1-24(28,29)37-16-8-14(9-16)22-30-31-23(36-22)26-6-4-25(5-7-26,13-34-26)12-19(33)21-11-18(32)17-10-15(27)2-3-20(17)35-21/h2-3,10,14,16,18,21,32H,4-9,11-13H2,1H3/t14?,16?,18-,21-,25?,26?/m0/s1. The molecule has 1 N–H and O–H groups in total. The van der Waals surface area contributed by atoms with Crippen LogP contribution < -0.4 is 4.74 Å². The van der Waals surface area contributed by atoms with Crippen molar-refractivity contribution in [3.8, 4) is 5.75 Å². The predicted molar refractivity (Wildman–Crippen MR) is 125 cm³/mol. The minimum atomic E-state index is -3.15. The zero-order valence-electron chi connectivity index (χ0n) is 20.4. The molecule has 1 aromatic carbocycles. The molecule has 0 radical (unpaired) electrons. The van der Waals surface area contributed by atoms with Gasteiger partial charge in [0.2, 0.25) is 11.8 Å². The van der Waals surface area contributed by atoms with E-state index in [1.165, 1.54) is 0 Å². The number of hydrogen-bond acceptors (Lipinski definition) is 8. The molecule has 0 amide bonds. The zero-order valence-corrected chi connectivity index (χ0v) is 21.2. The third-order valence-electron chi connectivity index (χ3n) is 8.37. The van der Waals surface area contributed by atoms with E-state index in [0.717, 1.165) is 19.8 Å². The molecule has 0 unspecified atom stereocenters. The number of carbonyl (C=O) groups excluding carboxylic acids is 1. The Morgan fingerprint density at radius 1 is 1.22 bits per heavy atom. The number of benzene rings is 1. The number of Topliss-reactive ketones (excluding diaryl/α,β-unsaturated/α-hetero) is 1. The fraction of sp³-hybridized carbons (Fsp3) is 0.654. The number of fused-ring (bicyclic) bond motifs is 4. The number of ether oxygens (including phenoxy) is 3. The van der Waals surface area contributed by atoms with Crippen LogP contribution in [0.25, 0.3) is 0 Å². The maximum atomic E-state index is 13.2. The van der Waals surface area contributed by atoms with Crippen molar-refractivity contribution >= 4 is 17.4 Å². The molecule has 4 fully saturated rings. The van der Waals surface area contributed by atoms with Crippen molar-refractivity contribution in [1.29, 1.82) is 0 Å². The van der Waals surface area contributed by atoms with Gasteiger partial charge in [0, 0.05) is 41.7 Å². The maximum Gasteiger partial charge on any atom is 0.353 e. The number of alkyl halides is 2. The van der Waals surface area contributed by atoms with Gasteiger partial charge in [-0.25, -0.2) is 0 Å². The lowest BCUT2D eigenvalue weighted by Gasteiger charge is -2.51. The molecule has 3 aliphatic heterocycles. The fourth-order valence-electron chi connectivity index (χ4n) is 6.11. The summed E-state index contributed by atoms with van der Waals surface area (Å²) < 4.78 is 49.0. The summed E-state index contributed by atoms with van der Waals surface area (Å²) in [4.78, 5) is 13.2. The summed E-state index contributed by atoms with van der Waals surface area (Å²) in [6.07, 6.45) is -1.02. The molecule has 11 heteroatoms. The first-order valence-electron chi connectivity index (χ1n) is 12.7. The van der Waals surface area contributed by atoms with Gasteiger partial charge in [-0.1, -0.05) is 11.6 Å². The Kier molecular flexibility index (Phi) is 6.10. The summed E-state index contributed by atoms with van der Waals surface area (Å²) in [5.74, 6) is 1.19. The Hall–Kier alpha value is -2.14. The van der Waals surface area contributed by atoms with Gasteiger partial charge in [-0.2, -0.15) is 8.78 Å². The van der Waals surface area contributed by atoms with Gasteiger partial charge in [-0.3, -0.25) is 4.79 Å². The number of aromatic nitrogens is 2. The number of ketones is 1. The van der Waals surface area contributed by atoms with E-state index in [4.69, 9.17) is 30.2 Å². The minimum absolute atomic E-state index is 0.0443. The van der Waals surface area contributed by atoms with Crippen molar-refractivity contribution in [2.24, 2.45) is 5.41 Å². The number of aliphatic hydroxyl groups excluding tert-OH is 1. The summed E-state index contributed by atoms with van der Waals surface area (Å²) in [7, 11) is 0. The molecule has 1 aromatic heterocycles. The van der Waals surface area contributed by atoms with E-state index in [1.807, 2.05) is 0 Å². The second kappa shape index (κ2) is 8.97. The molecule has 4 heterocycles. The van der Waals surface area contributed by atoms with E-state index in [0.29, 0.717) is 66.8 Å². The van der Waals surface area contributed by atoms with Gasteiger partial charge < -0.3 is 23.7 Å². The van der Waals surface area contributed by atoms with Gasteiger partial charge in [0.1, 0.15) is 11.4 Å². The second-order valence-electron chi connectivity index (χ2n) is 11.1. The topological polar surface area (TPSA) is 104 Å². The first kappa shape index (κ1) is 25.2. The smallest absolute Gasteiger partial charge is 0.353 e. The van der Waals surface area contributed by atoms with E-state index in [2.05, 4.69) is 10.2 Å². The summed E-state index contributed by atoms with van der Waals surface area (Å²) in [6.45, 7) is 1.13. The lowest BCUT2D eigenvalue weighted by atomic mass is 9.63. The van der Waals surface area contributed by atoms with Crippen molar-refractivity contribution in [2.45, 2.75) is 94.2 Å². The molecular weight excluding hydrogens is 510 g/mol. The molecule has 2 saturated heterocycles. The number of hydrogen-bond donors (Lipinski definition) is 1. The van der Waals surface area contributed by atoms with Crippen LogP contribution in [-0.2, 0) is 19.9 Å². The van der Waals surface area contributed by atoms with E-state index in [9.17, 15) is 18.7 Å². The van der Waals surface area contributed by atoms with Crippen molar-refractivity contribution < 1.29 is 37.3 Å². The first-order chi connectivity index (χ1) is 17.5. The first-order valence-corrected chi connectivity index (χ1v) is 13.1. The minimum Gasteiger partial charge on any atom is -0.482 e. The van der Waals surface area contributed by atoms with Crippen molar-refractivity contribution in [2.75, 3.05) is 6.61 Å². The lowest BCUT2D eigenvalue weighted by Crippen LogP contribution is -2.51. The quantitative estimate of drug-likeness (QED) is 0.511. The third kappa shape index (κ3) is 4.77. The summed E-state index contributed by atoms with van der Waals surface area (Å²) in [5.41, 5.74) is -0.368. The van der Waals surface area contributed by atoms with E-state index in [1.54, 1.807) is 18.2 Å². The molecule has 2 saturated carbocycles. The number of rotatable bonds is 7. The molecule has 0 spiro atoms. The van der Waals surface area contributed by atoms with Gasteiger partial charge >= 0.3 is 6.11 Å². The monoisotopic (exact) mass is 538 g/mol. The predicted octanol–water partition coefficient (Wildman–Crippen LogP) is 5.23. The van der Waals surface area contributed by atoms with Crippen LogP contribution in [0.15, 0.2) is 22.6 Å². The highest BCUT2D eigenvalue weighted by Gasteiger charge is 2.55. The van der Waals surface area contributed by atoms with Crippen molar-refractivity contribution in [3.05, 3.63) is 40.6 Å². The van der Waals surface area contributed by atoms with Crippen LogP contribution in [0.5, 0.6) is 5.75 Å². The molecule has 200 valence electrons. The van der Waals surface area contributed by atoms with Crippen molar-refractivity contribution in [3.63, 3.8) is 0 Å². The molecule has 7 rings (SSSR count). The van der Waals surface area contributed by atoms with Crippen LogP contribution in [-0.4, -0.2) is 46.0 Å². The lowest BCUT2D eigenvalue weighted by molar-refractivity contribution is -0.265. The van der Waals surface area contributed by atoms with Gasteiger partial charge in [0.15, 0.2) is 11.9 Å². The fourth-order valence-corrected chi connectivity index (χ4v) is 6.29. The van der Waals surface area contributed by atoms with Gasteiger partial charge in [-0.15, -0.1) is 10.2 Å². The highest BCUT2D eigenvalue weighted by molar-refractivity contribution is 6.30.